The second kappa shape index (κ2) is 7.77. The van der Waals surface area contributed by atoms with E-state index in [-0.39, 0.29) is 11.9 Å². The van der Waals surface area contributed by atoms with Crippen LogP contribution in [-0.4, -0.2) is 18.5 Å². The summed E-state index contributed by atoms with van der Waals surface area (Å²) in [6.07, 6.45) is 2.15. The molecule has 1 aromatic heterocycles. The Morgan fingerprint density at radius 1 is 1.50 bits per heavy atom. The summed E-state index contributed by atoms with van der Waals surface area (Å²) in [5.41, 5.74) is 5.65. The second-order valence-corrected chi connectivity index (χ2v) is 6.64. The van der Waals surface area contributed by atoms with E-state index in [1.54, 1.807) is 0 Å². The van der Waals surface area contributed by atoms with Crippen molar-refractivity contribution in [1.82, 2.24) is 5.32 Å². The summed E-state index contributed by atoms with van der Waals surface area (Å²) in [7, 11) is 0. The van der Waals surface area contributed by atoms with Gasteiger partial charge in [0.2, 0.25) is 5.91 Å². The Kier molecular flexibility index (Phi) is 6.68. The van der Waals surface area contributed by atoms with E-state index in [1.807, 2.05) is 12.1 Å². The van der Waals surface area contributed by atoms with Gasteiger partial charge in [-0.25, -0.2) is 0 Å². The van der Waals surface area contributed by atoms with Crippen LogP contribution in [0.15, 0.2) is 12.1 Å². The molecule has 0 aliphatic rings. The monoisotopic (exact) mass is 288 g/mol. The van der Waals surface area contributed by atoms with Crippen LogP contribution in [0.1, 0.15) is 31.6 Å². The largest absolute Gasteiger partial charge is 0.352 e. The highest BCUT2D eigenvalue weighted by Crippen LogP contribution is 2.22. The van der Waals surface area contributed by atoms with E-state index < -0.39 is 0 Å². The highest BCUT2D eigenvalue weighted by atomic mass is 35.5. The van der Waals surface area contributed by atoms with Crippen molar-refractivity contribution in [3.63, 3.8) is 0 Å². The van der Waals surface area contributed by atoms with Crippen molar-refractivity contribution in [1.29, 1.82) is 0 Å². The number of hydrogen-bond donors (Lipinski definition) is 2. The van der Waals surface area contributed by atoms with E-state index in [9.17, 15) is 4.79 Å². The molecule has 1 heterocycles. The van der Waals surface area contributed by atoms with Crippen molar-refractivity contribution in [3.8, 4) is 0 Å². The number of carbonyl (C=O) groups is 1. The first-order valence-electron chi connectivity index (χ1n) is 6.25. The van der Waals surface area contributed by atoms with Crippen molar-refractivity contribution in [2.75, 3.05) is 6.54 Å². The van der Waals surface area contributed by atoms with Gasteiger partial charge in [-0.2, -0.15) is 0 Å². The summed E-state index contributed by atoms with van der Waals surface area (Å²) in [5.74, 6) is 0.602. The Hall–Kier alpha value is -0.580. The van der Waals surface area contributed by atoms with Crippen LogP contribution in [0.5, 0.6) is 0 Å². The maximum Gasteiger partial charge on any atom is 0.220 e. The molecule has 0 saturated heterocycles. The lowest BCUT2D eigenvalue weighted by Crippen LogP contribution is -2.41. The molecule has 1 amide bonds. The third-order valence-corrected chi connectivity index (χ3v) is 3.92. The molecule has 0 spiro atoms. The van der Waals surface area contributed by atoms with E-state index in [0.717, 1.165) is 22.1 Å². The summed E-state index contributed by atoms with van der Waals surface area (Å²) < 4.78 is 0.769. The standard InChI is InChI=1S/C13H21ClN2OS/c1-9(2)7-10(8-15)16-13(17)6-4-11-3-5-12(14)18-11/h3,5,9-10H,4,6-8,15H2,1-2H3,(H,16,17). The van der Waals surface area contributed by atoms with Crippen LogP contribution in [0.2, 0.25) is 4.34 Å². The van der Waals surface area contributed by atoms with E-state index in [4.69, 9.17) is 17.3 Å². The van der Waals surface area contributed by atoms with Crippen LogP contribution in [0.4, 0.5) is 0 Å². The van der Waals surface area contributed by atoms with E-state index >= 15 is 0 Å². The number of amides is 1. The smallest absolute Gasteiger partial charge is 0.220 e. The maximum atomic E-state index is 11.8. The molecule has 0 fully saturated rings. The molecule has 0 bridgehead atoms. The van der Waals surface area contributed by atoms with Gasteiger partial charge in [0.25, 0.3) is 0 Å². The molecule has 0 aliphatic heterocycles. The van der Waals surface area contributed by atoms with Gasteiger partial charge in [0, 0.05) is 23.9 Å². The van der Waals surface area contributed by atoms with Gasteiger partial charge in [0.1, 0.15) is 0 Å². The number of nitrogens with two attached hydrogens (primary N) is 1. The summed E-state index contributed by atoms with van der Waals surface area (Å²) >= 11 is 7.37. The van der Waals surface area contributed by atoms with Gasteiger partial charge in [-0.05, 0) is 30.9 Å². The topological polar surface area (TPSA) is 55.1 Å². The molecular formula is C13H21ClN2OS. The molecule has 3 nitrogen and oxygen atoms in total. The van der Waals surface area contributed by atoms with Crippen molar-refractivity contribution in [2.24, 2.45) is 11.7 Å². The first-order chi connectivity index (χ1) is 8.51. The summed E-state index contributed by atoms with van der Waals surface area (Å²) in [6, 6.07) is 3.92. The molecule has 0 radical (unpaired) electrons. The number of carbonyl (C=O) groups excluding carboxylic acids is 1. The molecule has 1 atom stereocenters. The maximum absolute atomic E-state index is 11.8. The van der Waals surface area contributed by atoms with E-state index in [2.05, 4.69) is 19.2 Å². The first-order valence-corrected chi connectivity index (χ1v) is 7.44. The normalized spacial score (nSPS) is 12.7. The molecule has 3 N–H and O–H groups in total. The van der Waals surface area contributed by atoms with Crippen molar-refractivity contribution < 1.29 is 4.79 Å². The Morgan fingerprint density at radius 2 is 2.22 bits per heavy atom. The third kappa shape index (κ3) is 5.85. The molecule has 0 aliphatic carbocycles. The van der Waals surface area contributed by atoms with Crippen molar-refractivity contribution >= 4 is 28.8 Å². The molecule has 1 rings (SSSR count). The third-order valence-electron chi connectivity index (χ3n) is 2.63. The average Bonchev–Trinajstić information content (AvgIpc) is 2.71. The predicted octanol–water partition coefficient (Wildman–Crippen LogP) is 2.82. The molecule has 18 heavy (non-hydrogen) atoms. The zero-order chi connectivity index (χ0) is 13.5. The number of hydrogen-bond acceptors (Lipinski definition) is 3. The molecule has 0 aromatic carbocycles. The zero-order valence-electron chi connectivity index (χ0n) is 10.9. The van der Waals surface area contributed by atoms with Gasteiger partial charge in [0.05, 0.1) is 4.34 Å². The fourth-order valence-electron chi connectivity index (χ4n) is 1.81. The molecular weight excluding hydrogens is 268 g/mol. The fourth-order valence-corrected chi connectivity index (χ4v) is 2.89. The van der Waals surface area contributed by atoms with E-state index in [1.165, 1.54) is 11.3 Å². The zero-order valence-corrected chi connectivity index (χ0v) is 12.5. The van der Waals surface area contributed by atoms with Gasteiger partial charge in [-0.15, -0.1) is 11.3 Å². The Morgan fingerprint density at radius 3 is 2.72 bits per heavy atom. The quantitative estimate of drug-likeness (QED) is 0.811. The van der Waals surface area contributed by atoms with Crippen LogP contribution in [0.25, 0.3) is 0 Å². The second-order valence-electron chi connectivity index (χ2n) is 4.84. The molecule has 5 heteroatoms. The van der Waals surface area contributed by atoms with Gasteiger partial charge in [0.15, 0.2) is 0 Å². The van der Waals surface area contributed by atoms with Crippen LogP contribution >= 0.6 is 22.9 Å². The fraction of sp³-hybridized carbons (Fsp3) is 0.615. The lowest BCUT2D eigenvalue weighted by Gasteiger charge is -2.18. The Balaban J connectivity index is 2.32. The molecule has 1 aromatic rings. The van der Waals surface area contributed by atoms with Crippen molar-refractivity contribution in [2.45, 2.75) is 39.2 Å². The predicted molar refractivity (Wildman–Crippen MR) is 78.1 cm³/mol. The van der Waals surface area contributed by atoms with Gasteiger partial charge < -0.3 is 11.1 Å². The number of thiophene rings is 1. The summed E-state index contributed by atoms with van der Waals surface area (Å²) in [5, 5.41) is 2.98. The van der Waals surface area contributed by atoms with Gasteiger partial charge >= 0.3 is 0 Å². The number of aryl methyl sites for hydroxylation is 1. The minimum Gasteiger partial charge on any atom is -0.352 e. The SMILES string of the molecule is CC(C)CC(CN)NC(=O)CCc1ccc(Cl)s1. The van der Waals surface area contributed by atoms with Crippen LogP contribution < -0.4 is 11.1 Å². The van der Waals surface area contributed by atoms with Crippen LogP contribution in [0, 0.1) is 5.92 Å². The summed E-state index contributed by atoms with van der Waals surface area (Å²) in [4.78, 5) is 12.9. The lowest BCUT2D eigenvalue weighted by molar-refractivity contribution is -0.121. The average molecular weight is 289 g/mol. The van der Waals surface area contributed by atoms with Crippen LogP contribution in [-0.2, 0) is 11.2 Å². The highest BCUT2D eigenvalue weighted by Gasteiger charge is 2.12. The number of nitrogens with one attached hydrogen (secondary N) is 1. The van der Waals surface area contributed by atoms with Gasteiger partial charge in [-0.1, -0.05) is 25.4 Å². The van der Waals surface area contributed by atoms with Gasteiger partial charge in [-0.3, -0.25) is 4.79 Å². The molecule has 0 saturated carbocycles. The lowest BCUT2D eigenvalue weighted by atomic mass is 10.0. The highest BCUT2D eigenvalue weighted by molar-refractivity contribution is 7.16. The van der Waals surface area contributed by atoms with Crippen LogP contribution in [0.3, 0.4) is 0 Å². The Bertz CT molecular complexity index is 379. The summed E-state index contributed by atoms with van der Waals surface area (Å²) in [6.45, 7) is 4.75. The number of rotatable bonds is 7. The minimum atomic E-state index is 0.0654. The number of halogens is 1. The van der Waals surface area contributed by atoms with E-state index in [0.29, 0.717) is 18.9 Å². The first kappa shape index (κ1) is 15.5. The minimum absolute atomic E-state index is 0.0654. The van der Waals surface area contributed by atoms with Crippen molar-refractivity contribution in [3.05, 3.63) is 21.3 Å². The molecule has 1 unspecified atom stereocenters. The molecule has 102 valence electrons. The Labute approximate surface area is 118 Å².